The van der Waals surface area contributed by atoms with Gasteiger partial charge in [0.2, 0.25) is 15.9 Å². The zero-order valence-electron chi connectivity index (χ0n) is 18.1. The molecule has 0 aliphatic carbocycles. The van der Waals surface area contributed by atoms with Gasteiger partial charge in [0.05, 0.1) is 28.3 Å². The van der Waals surface area contributed by atoms with Crippen LogP contribution >= 0.6 is 11.3 Å². The summed E-state index contributed by atoms with van der Waals surface area (Å²) in [5.74, 6) is -0.00544. The Hall–Kier alpha value is -2.53. The van der Waals surface area contributed by atoms with Crippen molar-refractivity contribution in [1.29, 1.82) is 0 Å². The molecule has 0 unspecified atom stereocenters. The van der Waals surface area contributed by atoms with Crippen molar-refractivity contribution >= 4 is 37.5 Å². The first kappa shape index (κ1) is 22.3. The van der Waals surface area contributed by atoms with Crippen molar-refractivity contribution in [3.63, 3.8) is 0 Å². The summed E-state index contributed by atoms with van der Waals surface area (Å²) in [5.41, 5.74) is 2.86. The van der Waals surface area contributed by atoms with Crippen molar-refractivity contribution in [2.75, 3.05) is 32.8 Å². The third-order valence-corrected chi connectivity index (χ3v) is 9.07. The lowest BCUT2D eigenvalue weighted by molar-refractivity contribution is -0.135. The number of hydrogen-bond acceptors (Lipinski definition) is 6. The Kier molecular flexibility index (Phi) is 6.09. The number of morpholine rings is 1. The number of nitrogens with zero attached hydrogens (tertiary/aromatic N) is 3. The average molecular weight is 488 g/mol. The smallest absolute Gasteiger partial charge is 0.308 e. The van der Waals surface area contributed by atoms with Crippen LogP contribution in [0.15, 0.2) is 52.2 Å². The van der Waals surface area contributed by atoms with E-state index >= 15 is 0 Å². The van der Waals surface area contributed by atoms with Gasteiger partial charge in [-0.25, -0.2) is 8.42 Å². The number of sulfonamides is 1. The van der Waals surface area contributed by atoms with Gasteiger partial charge in [-0.05, 0) is 35.7 Å². The first-order valence-electron chi connectivity index (χ1n) is 11.0. The van der Waals surface area contributed by atoms with Crippen LogP contribution in [0.1, 0.15) is 17.5 Å². The third-order valence-electron chi connectivity index (χ3n) is 6.29. The summed E-state index contributed by atoms with van der Waals surface area (Å²) in [6.45, 7) is 3.25. The molecule has 1 amide bonds. The molecular weight excluding hydrogens is 462 g/mol. The Morgan fingerprint density at radius 2 is 1.79 bits per heavy atom. The number of thiazole rings is 1. The van der Waals surface area contributed by atoms with Gasteiger partial charge in [0.25, 0.3) is 0 Å². The number of fused-ring (bicyclic) bond motifs is 2. The van der Waals surface area contributed by atoms with Gasteiger partial charge in [0.15, 0.2) is 0 Å². The van der Waals surface area contributed by atoms with Crippen LogP contribution in [0, 0.1) is 0 Å². The van der Waals surface area contributed by atoms with E-state index in [9.17, 15) is 18.0 Å². The highest BCUT2D eigenvalue weighted by Crippen LogP contribution is 2.28. The Labute approximate surface area is 196 Å². The predicted octanol–water partition coefficient (Wildman–Crippen LogP) is 2.06. The second kappa shape index (κ2) is 9.02. The highest BCUT2D eigenvalue weighted by Gasteiger charge is 2.29. The fourth-order valence-electron chi connectivity index (χ4n) is 4.42. The van der Waals surface area contributed by atoms with Crippen LogP contribution in [0.25, 0.3) is 10.2 Å². The maximum atomic E-state index is 13.3. The van der Waals surface area contributed by atoms with Crippen LogP contribution in [0.3, 0.4) is 0 Å². The number of carbonyl (C=O) groups is 1. The molecule has 2 aromatic carbocycles. The van der Waals surface area contributed by atoms with E-state index in [1.807, 2.05) is 24.3 Å². The number of carbonyl (C=O) groups excluding carboxylic acids is 1. The molecule has 1 saturated heterocycles. The fraction of sp³-hybridized carbons (Fsp3) is 0.391. The molecule has 174 valence electrons. The summed E-state index contributed by atoms with van der Waals surface area (Å²) in [6.07, 6.45) is 0.900. The highest BCUT2D eigenvalue weighted by atomic mass is 32.2. The second-order valence-corrected chi connectivity index (χ2v) is 11.2. The molecular formula is C23H25N3O5S2. The number of aromatic nitrogens is 1. The number of benzene rings is 2. The standard InChI is InChI=1S/C23H25N3O5S2/c27-22(24-11-13-31-14-12-24)8-10-26-20-6-5-19(15-21(20)32-23(26)28)33(29,30)25-9-7-17-3-1-2-4-18(17)16-25/h1-6,15H,7-14,16H2. The first-order chi connectivity index (χ1) is 15.9. The highest BCUT2D eigenvalue weighted by molar-refractivity contribution is 7.89. The topological polar surface area (TPSA) is 88.9 Å². The van der Waals surface area contributed by atoms with Gasteiger partial charge in [-0.2, -0.15) is 4.31 Å². The number of ether oxygens (including phenoxy) is 1. The summed E-state index contributed by atoms with van der Waals surface area (Å²) in [4.78, 5) is 26.8. The van der Waals surface area contributed by atoms with Crippen molar-refractivity contribution in [2.24, 2.45) is 0 Å². The largest absolute Gasteiger partial charge is 0.378 e. The Morgan fingerprint density at radius 3 is 2.58 bits per heavy atom. The van der Waals surface area contributed by atoms with Crippen LogP contribution in [0.2, 0.25) is 0 Å². The minimum Gasteiger partial charge on any atom is -0.378 e. The molecule has 0 N–H and O–H groups in total. The molecule has 0 saturated carbocycles. The monoisotopic (exact) mass is 487 g/mol. The van der Waals surface area contributed by atoms with Gasteiger partial charge in [-0.1, -0.05) is 35.6 Å². The van der Waals surface area contributed by atoms with E-state index in [1.165, 1.54) is 9.87 Å². The van der Waals surface area contributed by atoms with Crippen LogP contribution < -0.4 is 4.87 Å². The minimum atomic E-state index is -3.68. The van der Waals surface area contributed by atoms with E-state index in [1.54, 1.807) is 27.7 Å². The lowest BCUT2D eigenvalue weighted by atomic mass is 10.0. The van der Waals surface area contributed by atoms with E-state index in [0.717, 1.165) is 16.9 Å². The molecule has 0 radical (unpaired) electrons. The third kappa shape index (κ3) is 4.35. The minimum absolute atomic E-state index is 0.00544. The maximum Gasteiger partial charge on any atom is 0.308 e. The van der Waals surface area contributed by atoms with E-state index in [0.29, 0.717) is 56.0 Å². The van der Waals surface area contributed by atoms with Crippen molar-refractivity contribution < 1.29 is 17.9 Å². The van der Waals surface area contributed by atoms with E-state index in [-0.39, 0.29) is 28.6 Å². The predicted molar refractivity (Wildman–Crippen MR) is 126 cm³/mol. The molecule has 10 heteroatoms. The van der Waals surface area contributed by atoms with E-state index in [2.05, 4.69) is 0 Å². The van der Waals surface area contributed by atoms with E-state index in [4.69, 9.17) is 4.74 Å². The zero-order valence-corrected chi connectivity index (χ0v) is 19.7. The Bertz CT molecular complexity index is 1360. The Morgan fingerprint density at radius 1 is 1.03 bits per heavy atom. The lowest BCUT2D eigenvalue weighted by Crippen LogP contribution is -2.41. The molecule has 0 bridgehead atoms. The summed E-state index contributed by atoms with van der Waals surface area (Å²) < 4.78 is 35.6. The van der Waals surface area contributed by atoms with Crippen molar-refractivity contribution in [3.8, 4) is 0 Å². The molecule has 1 fully saturated rings. The number of aryl methyl sites for hydroxylation is 1. The van der Waals surface area contributed by atoms with Gasteiger partial charge in [-0.15, -0.1) is 0 Å². The zero-order chi connectivity index (χ0) is 23.0. The maximum absolute atomic E-state index is 13.3. The summed E-state index contributed by atoms with van der Waals surface area (Å²) in [7, 11) is -3.68. The molecule has 3 heterocycles. The van der Waals surface area contributed by atoms with Crippen molar-refractivity contribution in [2.45, 2.75) is 30.8 Å². The van der Waals surface area contributed by atoms with Crippen LogP contribution in [-0.4, -0.2) is 60.9 Å². The number of amides is 1. The van der Waals surface area contributed by atoms with Crippen LogP contribution in [0.5, 0.6) is 0 Å². The first-order valence-corrected chi connectivity index (χ1v) is 13.2. The van der Waals surface area contributed by atoms with Gasteiger partial charge in [-0.3, -0.25) is 14.2 Å². The molecule has 3 aromatic rings. The van der Waals surface area contributed by atoms with Crippen LogP contribution in [-0.2, 0) is 39.1 Å². The fourth-order valence-corrected chi connectivity index (χ4v) is 6.90. The Balaban J connectivity index is 1.36. The number of hydrogen-bond donors (Lipinski definition) is 0. The summed E-state index contributed by atoms with van der Waals surface area (Å²) in [6, 6.07) is 12.7. The number of rotatable bonds is 5. The molecule has 5 rings (SSSR count). The van der Waals surface area contributed by atoms with Crippen LogP contribution in [0.4, 0.5) is 0 Å². The average Bonchev–Trinajstić information content (AvgIpc) is 3.16. The van der Waals surface area contributed by atoms with Gasteiger partial charge < -0.3 is 9.64 Å². The van der Waals surface area contributed by atoms with Gasteiger partial charge >= 0.3 is 4.87 Å². The van der Waals surface area contributed by atoms with Gasteiger partial charge in [0, 0.05) is 39.1 Å². The summed E-state index contributed by atoms with van der Waals surface area (Å²) >= 11 is 1.01. The lowest BCUT2D eigenvalue weighted by Gasteiger charge is -2.28. The van der Waals surface area contributed by atoms with E-state index < -0.39 is 10.0 Å². The quantitative estimate of drug-likeness (QED) is 0.550. The molecule has 0 spiro atoms. The van der Waals surface area contributed by atoms with Gasteiger partial charge in [0.1, 0.15) is 0 Å². The normalized spacial score (nSPS) is 17.3. The molecule has 2 aliphatic rings. The molecule has 2 aliphatic heterocycles. The SMILES string of the molecule is O=C(CCn1c(=O)sc2cc(S(=O)(=O)N3CCc4ccccc4C3)ccc21)N1CCOCC1. The summed E-state index contributed by atoms with van der Waals surface area (Å²) in [5, 5.41) is 0. The molecule has 1 aromatic heterocycles. The molecule has 0 atom stereocenters. The molecule has 33 heavy (non-hydrogen) atoms. The molecule has 8 nitrogen and oxygen atoms in total. The van der Waals surface area contributed by atoms with Crippen molar-refractivity contribution in [1.82, 2.24) is 13.8 Å². The second-order valence-electron chi connectivity index (χ2n) is 8.25. The van der Waals surface area contributed by atoms with Crippen molar-refractivity contribution in [3.05, 3.63) is 63.3 Å².